The summed E-state index contributed by atoms with van der Waals surface area (Å²) in [6.07, 6.45) is 5.97. The maximum Gasteiger partial charge on any atom is 0.250 e. The van der Waals surface area contributed by atoms with Gasteiger partial charge in [0.1, 0.15) is 5.82 Å². The smallest absolute Gasteiger partial charge is 0.250 e. The van der Waals surface area contributed by atoms with Crippen molar-refractivity contribution in [1.82, 2.24) is 9.55 Å². The number of piperidine rings is 1. The van der Waals surface area contributed by atoms with E-state index in [2.05, 4.69) is 21.3 Å². The van der Waals surface area contributed by atoms with E-state index >= 15 is 0 Å². The summed E-state index contributed by atoms with van der Waals surface area (Å²) >= 11 is 0. The Morgan fingerprint density at radius 3 is 2.69 bits per heavy atom. The van der Waals surface area contributed by atoms with Crippen LogP contribution in [-0.4, -0.2) is 42.8 Å². The van der Waals surface area contributed by atoms with Crippen LogP contribution >= 0.6 is 0 Å². The minimum Gasteiger partial charge on any atom is -0.493 e. The summed E-state index contributed by atoms with van der Waals surface area (Å²) in [5.41, 5.74) is 2.66. The summed E-state index contributed by atoms with van der Waals surface area (Å²) in [5.74, 6) is 2.61. The molecule has 2 aliphatic heterocycles. The number of amides is 1. The number of nitrogens with zero attached hydrogens (tertiary/aromatic N) is 3. The van der Waals surface area contributed by atoms with Crippen molar-refractivity contribution >= 4 is 23.5 Å². The maximum absolute atomic E-state index is 12.4. The molecule has 4 heterocycles. The van der Waals surface area contributed by atoms with Crippen molar-refractivity contribution in [3.05, 3.63) is 82.4 Å². The van der Waals surface area contributed by atoms with E-state index in [0.717, 1.165) is 43.1 Å². The van der Waals surface area contributed by atoms with Crippen LogP contribution in [0.3, 0.4) is 0 Å². The highest BCUT2D eigenvalue weighted by atomic mass is 16.5. The van der Waals surface area contributed by atoms with Gasteiger partial charge in [-0.05, 0) is 54.3 Å². The van der Waals surface area contributed by atoms with Gasteiger partial charge < -0.3 is 24.3 Å². The van der Waals surface area contributed by atoms with Crippen molar-refractivity contribution in [3.8, 4) is 11.5 Å². The molecule has 8 heteroatoms. The lowest BCUT2D eigenvalue weighted by molar-refractivity contribution is -0.111. The Hall–Kier alpha value is -4.07. The van der Waals surface area contributed by atoms with E-state index in [9.17, 15) is 9.59 Å². The number of pyridine rings is 2. The number of methoxy groups -OCH3 is 2. The maximum atomic E-state index is 12.4. The van der Waals surface area contributed by atoms with Crippen LogP contribution in [0.5, 0.6) is 11.5 Å². The van der Waals surface area contributed by atoms with E-state index < -0.39 is 0 Å². The topological polar surface area (TPSA) is 85.7 Å². The van der Waals surface area contributed by atoms with Crippen molar-refractivity contribution in [1.29, 1.82) is 0 Å². The Balaban J connectivity index is 1.22. The van der Waals surface area contributed by atoms with Crippen LogP contribution in [-0.2, 0) is 11.3 Å². The molecule has 1 N–H and O–H groups in total. The first kappa shape index (κ1) is 22.7. The lowest BCUT2D eigenvalue weighted by Gasteiger charge is -2.43. The number of hydrogen-bond acceptors (Lipinski definition) is 6. The Labute approximate surface area is 203 Å². The number of ether oxygens (including phenoxy) is 2. The van der Waals surface area contributed by atoms with Crippen molar-refractivity contribution in [2.24, 2.45) is 5.92 Å². The molecule has 1 fully saturated rings. The van der Waals surface area contributed by atoms with Gasteiger partial charge in [-0.2, -0.15) is 0 Å². The second-order valence-electron chi connectivity index (χ2n) is 8.95. The van der Waals surface area contributed by atoms with E-state index in [1.807, 2.05) is 34.9 Å². The van der Waals surface area contributed by atoms with Crippen molar-refractivity contribution < 1.29 is 14.3 Å². The van der Waals surface area contributed by atoms with Gasteiger partial charge in [0.15, 0.2) is 11.5 Å². The largest absolute Gasteiger partial charge is 0.493 e. The first-order valence-corrected chi connectivity index (χ1v) is 11.7. The highest BCUT2D eigenvalue weighted by Crippen LogP contribution is 2.36. The highest BCUT2D eigenvalue weighted by molar-refractivity contribution is 6.01. The average molecular weight is 473 g/mol. The molecule has 1 aromatic carbocycles. The van der Waals surface area contributed by atoms with Gasteiger partial charge in [0.25, 0.3) is 5.56 Å². The summed E-state index contributed by atoms with van der Waals surface area (Å²) in [5, 5.41) is 2.85. The zero-order valence-electron chi connectivity index (χ0n) is 19.8. The van der Waals surface area contributed by atoms with Gasteiger partial charge in [0.2, 0.25) is 5.91 Å². The van der Waals surface area contributed by atoms with Crippen LogP contribution in [0.15, 0.2) is 65.6 Å². The van der Waals surface area contributed by atoms with Crippen LogP contribution in [0.4, 0.5) is 11.5 Å². The zero-order chi connectivity index (χ0) is 24.4. The van der Waals surface area contributed by atoms with Gasteiger partial charge >= 0.3 is 0 Å². The second-order valence-corrected chi connectivity index (χ2v) is 8.95. The van der Waals surface area contributed by atoms with Crippen LogP contribution in [0, 0.1) is 5.92 Å². The van der Waals surface area contributed by atoms with E-state index in [4.69, 9.17) is 9.47 Å². The van der Waals surface area contributed by atoms with Gasteiger partial charge in [-0.1, -0.05) is 12.1 Å². The van der Waals surface area contributed by atoms with Gasteiger partial charge in [-0.3, -0.25) is 9.59 Å². The molecule has 1 unspecified atom stereocenters. The van der Waals surface area contributed by atoms with E-state index in [1.54, 1.807) is 38.6 Å². The van der Waals surface area contributed by atoms with Crippen LogP contribution in [0.1, 0.15) is 23.6 Å². The van der Waals surface area contributed by atoms with E-state index in [0.29, 0.717) is 29.0 Å². The number of benzene rings is 1. The molecule has 5 rings (SSSR count). The molecule has 180 valence electrons. The number of anilines is 2. The molecular formula is C27H28N4O4. The van der Waals surface area contributed by atoms with Crippen LogP contribution in [0.2, 0.25) is 0 Å². The fraction of sp³-hybridized carbons (Fsp3) is 0.296. The molecule has 1 saturated heterocycles. The number of hydrogen-bond donors (Lipinski definition) is 1. The quantitative estimate of drug-likeness (QED) is 0.553. The predicted molar refractivity (Wildman–Crippen MR) is 135 cm³/mol. The van der Waals surface area contributed by atoms with Gasteiger partial charge in [0.05, 0.1) is 26.1 Å². The van der Waals surface area contributed by atoms with Gasteiger partial charge in [-0.25, -0.2) is 4.98 Å². The highest BCUT2D eigenvalue weighted by Gasteiger charge is 2.34. The lowest BCUT2D eigenvalue weighted by atomic mass is 9.83. The molecule has 35 heavy (non-hydrogen) atoms. The van der Waals surface area contributed by atoms with Crippen molar-refractivity contribution in [2.75, 3.05) is 37.5 Å². The number of nitrogens with one attached hydrogen (secondary N) is 1. The molecule has 0 radical (unpaired) electrons. The molecule has 2 aromatic heterocycles. The molecule has 2 bridgehead atoms. The zero-order valence-corrected chi connectivity index (χ0v) is 19.8. The molecule has 8 nitrogen and oxygen atoms in total. The average Bonchev–Trinajstić information content (AvgIpc) is 2.88. The van der Waals surface area contributed by atoms with E-state index in [1.165, 1.54) is 6.08 Å². The Morgan fingerprint density at radius 2 is 1.91 bits per heavy atom. The lowest BCUT2D eigenvalue weighted by Crippen LogP contribution is -2.47. The molecule has 0 spiro atoms. The Bertz CT molecular complexity index is 1320. The summed E-state index contributed by atoms with van der Waals surface area (Å²) in [6, 6.07) is 14.8. The van der Waals surface area contributed by atoms with E-state index in [-0.39, 0.29) is 11.5 Å². The van der Waals surface area contributed by atoms with Crippen LogP contribution in [0.25, 0.3) is 6.08 Å². The number of carbonyl (C=O) groups is 1. The summed E-state index contributed by atoms with van der Waals surface area (Å²) < 4.78 is 12.5. The Kier molecular flexibility index (Phi) is 6.27. The van der Waals surface area contributed by atoms with Crippen LogP contribution < -0.4 is 25.2 Å². The third-order valence-corrected chi connectivity index (χ3v) is 6.65. The minimum atomic E-state index is -0.246. The summed E-state index contributed by atoms with van der Waals surface area (Å²) in [6.45, 7) is 2.44. The number of rotatable bonds is 6. The minimum absolute atomic E-state index is 0.0871. The Morgan fingerprint density at radius 1 is 1.06 bits per heavy atom. The standard InChI is InChI=1S/C27H28N4O4/c1-34-23-9-6-18(13-24(23)35-2)7-11-26(32)29-21-8-10-25(28-14-21)30-15-19-12-20(17-30)22-4-3-5-27(33)31(22)16-19/h3-11,13-14,19-20H,12,15-17H2,1-2H3,(H,29,32)/b11-7+/t19-,20?/m1/s1. The molecule has 0 aliphatic carbocycles. The second kappa shape index (κ2) is 9.66. The first-order chi connectivity index (χ1) is 17.0. The van der Waals surface area contributed by atoms with Gasteiger partial charge in [-0.15, -0.1) is 0 Å². The molecule has 2 atom stereocenters. The van der Waals surface area contributed by atoms with Crippen molar-refractivity contribution in [3.63, 3.8) is 0 Å². The third-order valence-electron chi connectivity index (χ3n) is 6.65. The fourth-order valence-electron chi connectivity index (χ4n) is 5.04. The first-order valence-electron chi connectivity index (χ1n) is 11.7. The predicted octanol–water partition coefficient (Wildman–Crippen LogP) is 3.54. The molecule has 2 aliphatic rings. The molecule has 1 amide bonds. The number of aromatic nitrogens is 2. The summed E-state index contributed by atoms with van der Waals surface area (Å²) in [4.78, 5) is 31.5. The monoisotopic (exact) mass is 472 g/mol. The van der Waals surface area contributed by atoms with Gasteiger partial charge in [0, 0.05) is 43.4 Å². The fourth-order valence-corrected chi connectivity index (χ4v) is 5.04. The number of fused-ring (bicyclic) bond motifs is 4. The third kappa shape index (κ3) is 4.77. The normalized spacial score (nSPS) is 18.7. The number of carbonyl (C=O) groups excluding carboxylic acids is 1. The molecule has 3 aromatic rings. The SMILES string of the molecule is COc1ccc(/C=C/C(=O)Nc2ccc(N3CC4C[C@H](C3)Cn3c4cccc3=O)nc2)cc1OC. The van der Waals surface area contributed by atoms with Crippen molar-refractivity contribution in [2.45, 2.75) is 18.9 Å². The molecular weight excluding hydrogens is 444 g/mol. The summed E-state index contributed by atoms with van der Waals surface area (Å²) in [7, 11) is 3.16. The molecule has 0 saturated carbocycles.